The predicted molar refractivity (Wildman–Crippen MR) is 75.5 cm³/mol. The molecule has 2 aromatic carbocycles. The minimum absolute atomic E-state index is 0.282. The van der Waals surface area contributed by atoms with Gasteiger partial charge in [-0.1, -0.05) is 18.2 Å². The fourth-order valence-electron chi connectivity index (χ4n) is 1.97. The average Bonchev–Trinajstić information content (AvgIpc) is 2.50. The molecule has 20 heavy (non-hydrogen) atoms. The number of aldehydes is 1. The SMILES string of the molecule is N#CCCN(c1ccccc1)c1ccc(C=O)cc1F. The Morgan fingerprint density at radius 1 is 1.20 bits per heavy atom. The number of halogens is 1. The number of para-hydroxylation sites is 1. The molecule has 0 spiro atoms. The fraction of sp³-hybridized carbons (Fsp3) is 0.125. The number of nitrogens with zero attached hydrogens (tertiary/aromatic N) is 2. The van der Waals surface area contributed by atoms with Crippen LogP contribution < -0.4 is 4.90 Å². The highest BCUT2D eigenvalue weighted by atomic mass is 19.1. The Hall–Kier alpha value is -2.67. The second kappa shape index (κ2) is 6.48. The lowest BCUT2D eigenvalue weighted by molar-refractivity contribution is 0.112. The largest absolute Gasteiger partial charge is 0.338 e. The molecule has 3 nitrogen and oxygen atoms in total. The molecule has 0 unspecified atom stereocenters. The van der Waals surface area contributed by atoms with Gasteiger partial charge in [-0.3, -0.25) is 4.79 Å². The standard InChI is InChI=1S/C16H13FN2O/c17-15-11-13(12-20)7-8-16(15)19(10-4-9-18)14-5-2-1-3-6-14/h1-3,5-8,11-12H,4,10H2. The quantitative estimate of drug-likeness (QED) is 0.777. The average molecular weight is 268 g/mol. The van der Waals surface area contributed by atoms with Crippen molar-refractivity contribution in [1.82, 2.24) is 0 Å². The number of carbonyl (C=O) groups excluding carboxylic acids is 1. The van der Waals surface area contributed by atoms with Gasteiger partial charge in [0.15, 0.2) is 0 Å². The monoisotopic (exact) mass is 268 g/mol. The number of benzene rings is 2. The highest BCUT2D eigenvalue weighted by molar-refractivity contribution is 5.77. The molecule has 100 valence electrons. The highest BCUT2D eigenvalue weighted by Crippen LogP contribution is 2.28. The second-order valence-electron chi connectivity index (χ2n) is 4.22. The summed E-state index contributed by atoms with van der Waals surface area (Å²) in [5.74, 6) is -0.476. The number of nitriles is 1. The molecular weight excluding hydrogens is 255 g/mol. The van der Waals surface area contributed by atoms with Crippen molar-refractivity contribution in [2.45, 2.75) is 6.42 Å². The van der Waals surface area contributed by atoms with E-state index in [1.165, 1.54) is 6.07 Å². The first kappa shape index (κ1) is 13.8. The van der Waals surface area contributed by atoms with E-state index in [1.807, 2.05) is 30.3 Å². The smallest absolute Gasteiger partial charge is 0.150 e. The first-order valence-corrected chi connectivity index (χ1v) is 6.20. The van der Waals surface area contributed by atoms with Crippen LogP contribution in [-0.4, -0.2) is 12.8 Å². The molecule has 0 radical (unpaired) electrons. The van der Waals surface area contributed by atoms with Crippen LogP contribution in [0.5, 0.6) is 0 Å². The summed E-state index contributed by atoms with van der Waals surface area (Å²) < 4.78 is 14.1. The van der Waals surface area contributed by atoms with E-state index in [4.69, 9.17) is 5.26 Å². The Morgan fingerprint density at radius 2 is 1.95 bits per heavy atom. The summed E-state index contributed by atoms with van der Waals surface area (Å²) in [7, 11) is 0. The molecule has 0 bridgehead atoms. The zero-order valence-corrected chi connectivity index (χ0v) is 10.8. The summed E-state index contributed by atoms with van der Waals surface area (Å²) in [6, 6.07) is 15.7. The Bertz CT molecular complexity index is 635. The van der Waals surface area contributed by atoms with E-state index < -0.39 is 5.82 Å². The van der Waals surface area contributed by atoms with Gasteiger partial charge in [-0.25, -0.2) is 4.39 Å². The van der Waals surface area contributed by atoms with Crippen LogP contribution in [0.4, 0.5) is 15.8 Å². The minimum atomic E-state index is -0.476. The van der Waals surface area contributed by atoms with E-state index in [9.17, 15) is 9.18 Å². The van der Waals surface area contributed by atoms with Gasteiger partial charge < -0.3 is 4.90 Å². The molecule has 0 atom stereocenters. The van der Waals surface area contributed by atoms with E-state index in [0.717, 1.165) is 5.69 Å². The van der Waals surface area contributed by atoms with Crippen molar-refractivity contribution in [1.29, 1.82) is 5.26 Å². The third-order valence-electron chi connectivity index (χ3n) is 2.91. The maximum Gasteiger partial charge on any atom is 0.150 e. The van der Waals surface area contributed by atoms with Gasteiger partial charge in [-0.2, -0.15) is 5.26 Å². The Labute approximate surface area is 116 Å². The van der Waals surface area contributed by atoms with Crippen LogP contribution in [0, 0.1) is 17.1 Å². The third kappa shape index (κ3) is 3.01. The lowest BCUT2D eigenvalue weighted by atomic mass is 10.1. The van der Waals surface area contributed by atoms with Gasteiger partial charge >= 0.3 is 0 Å². The van der Waals surface area contributed by atoms with Crippen molar-refractivity contribution in [2.24, 2.45) is 0 Å². The van der Waals surface area contributed by atoms with E-state index in [2.05, 4.69) is 6.07 Å². The summed E-state index contributed by atoms with van der Waals surface area (Å²) in [4.78, 5) is 12.4. The molecule has 0 aliphatic carbocycles. The van der Waals surface area contributed by atoms with E-state index in [1.54, 1.807) is 17.0 Å². The Balaban J connectivity index is 2.41. The van der Waals surface area contributed by atoms with Gasteiger partial charge in [-0.15, -0.1) is 0 Å². The van der Waals surface area contributed by atoms with Gasteiger partial charge in [0, 0.05) is 17.8 Å². The van der Waals surface area contributed by atoms with E-state index in [-0.39, 0.29) is 6.42 Å². The molecular formula is C16H13FN2O. The van der Waals surface area contributed by atoms with Crippen LogP contribution in [0.2, 0.25) is 0 Å². The highest BCUT2D eigenvalue weighted by Gasteiger charge is 2.13. The lowest BCUT2D eigenvalue weighted by Gasteiger charge is -2.24. The predicted octanol–water partition coefficient (Wildman–Crippen LogP) is 3.69. The summed E-state index contributed by atoms with van der Waals surface area (Å²) in [6.07, 6.45) is 0.888. The van der Waals surface area contributed by atoms with Gasteiger partial charge in [0.1, 0.15) is 12.1 Å². The van der Waals surface area contributed by atoms with Crippen molar-refractivity contribution >= 4 is 17.7 Å². The topological polar surface area (TPSA) is 44.1 Å². The van der Waals surface area contributed by atoms with Gasteiger partial charge in [-0.05, 0) is 30.3 Å². The molecule has 4 heteroatoms. The molecule has 0 aliphatic heterocycles. The van der Waals surface area contributed by atoms with Crippen molar-refractivity contribution < 1.29 is 9.18 Å². The molecule has 0 saturated carbocycles. The normalized spacial score (nSPS) is 9.80. The van der Waals surface area contributed by atoms with Crippen molar-refractivity contribution in [3.05, 3.63) is 59.9 Å². The molecule has 0 aliphatic rings. The summed E-state index contributed by atoms with van der Waals surface area (Å²) in [5.41, 5.74) is 1.46. The van der Waals surface area contributed by atoms with Gasteiger partial charge in [0.25, 0.3) is 0 Å². The lowest BCUT2D eigenvalue weighted by Crippen LogP contribution is -2.19. The minimum Gasteiger partial charge on any atom is -0.338 e. The van der Waals surface area contributed by atoms with Crippen LogP contribution in [0.1, 0.15) is 16.8 Å². The molecule has 0 aromatic heterocycles. The van der Waals surface area contributed by atoms with Crippen molar-refractivity contribution in [2.75, 3.05) is 11.4 Å². The van der Waals surface area contributed by atoms with E-state index >= 15 is 0 Å². The zero-order chi connectivity index (χ0) is 14.4. The summed E-state index contributed by atoms with van der Waals surface area (Å²) in [5, 5.41) is 8.74. The Morgan fingerprint density at radius 3 is 2.55 bits per heavy atom. The number of hydrogen-bond donors (Lipinski definition) is 0. The molecule has 0 N–H and O–H groups in total. The molecule has 2 rings (SSSR count). The number of anilines is 2. The maximum absolute atomic E-state index is 14.1. The second-order valence-corrected chi connectivity index (χ2v) is 4.22. The van der Waals surface area contributed by atoms with Gasteiger partial charge in [0.05, 0.1) is 18.2 Å². The maximum atomic E-state index is 14.1. The fourth-order valence-corrected chi connectivity index (χ4v) is 1.97. The first-order valence-electron chi connectivity index (χ1n) is 6.20. The summed E-state index contributed by atoms with van der Waals surface area (Å²) in [6.45, 7) is 0.387. The molecule has 0 amide bonds. The molecule has 2 aromatic rings. The van der Waals surface area contributed by atoms with Crippen molar-refractivity contribution in [3.63, 3.8) is 0 Å². The zero-order valence-electron chi connectivity index (χ0n) is 10.8. The van der Waals surface area contributed by atoms with Crippen molar-refractivity contribution in [3.8, 4) is 6.07 Å². The number of rotatable bonds is 5. The van der Waals surface area contributed by atoms with Crippen LogP contribution >= 0.6 is 0 Å². The number of hydrogen-bond acceptors (Lipinski definition) is 3. The molecule has 0 fully saturated rings. The Kier molecular flexibility index (Phi) is 4.46. The third-order valence-corrected chi connectivity index (χ3v) is 2.91. The number of carbonyl (C=O) groups is 1. The van der Waals surface area contributed by atoms with Crippen LogP contribution in [0.3, 0.4) is 0 Å². The molecule has 0 saturated heterocycles. The van der Waals surface area contributed by atoms with Crippen LogP contribution in [0.15, 0.2) is 48.5 Å². The first-order chi connectivity index (χ1) is 9.76. The summed E-state index contributed by atoms with van der Waals surface area (Å²) >= 11 is 0. The van der Waals surface area contributed by atoms with Gasteiger partial charge in [0.2, 0.25) is 0 Å². The van der Waals surface area contributed by atoms with Crippen LogP contribution in [0.25, 0.3) is 0 Å². The molecule has 0 heterocycles. The van der Waals surface area contributed by atoms with E-state index in [0.29, 0.717) is 24.1 Å². The van der Waals surface area contributed by atoms with Crippen LogP contribution in [-0.2, 0) is 0 Å².